The predicted molar refractivity (Wildman–Crippen MR) is 120 cm³/mol. The topological polar surface area (TPSA) is 67.9 Å². The summed E-state index contributed by atoms with van der Waals surface area (Å²) in [4.78, 5) is 26.7. The summed E-state index contributed by atoms with van der Waals surface area (Å²) in [5, 5.41) is 2.77. The number of carbonyl (C=O) groups is 2. The normalized spacial score (nSPS) is 12.3. The van der Waals surface area contributed by atoms with Crippen LogP contribution in [0.4, 0.5) is 11.4 Å². The fourth-order valence-corrected chi connectivity index (χ4v) is 3.50. The summed E-state index contributed by atoms with van der Waals surface area (Å²) in [5.41, 5.74) is 3.36. The van der Waals surface area contributed by atoms with Crippen LogP contribution in [-0.2, 0) is 16.0 Å². The molecular weight excluding hydrogens is 392 g/mol. The number of nitrogens with one attached hydrogen (secondary N) is 1. The highest BCUT2D eigenvalue weighted by Crippen LogP contribution is 2.29. The van der Waals surface area contributed by atoms with Gasteiger partial charge in [0.2, 0.25) is 5.91 Å². The molecule has 6 heteroatoms. The lowest BCUT2D eigenvalue weighted by atomic mass is 10.1. The van der Waals surface area contributed by atoms with Crippen molar-refractivity contribution in [3.8, 4) is 5.75 Å². The van der Waals surface area contributed by atoms with Gasteiger partial charge >= 0.3 is 0 Å². The van der Waals surface area contributed by atoms with E-state index in [1.807, 2.05) is 48.5 Å². The summed E-state index contributed by atoms with van der Waals surface area (Å²) in [5.74, 6) is 0.472. The lowest BCUT2D eigenvalue weighted by molar-refractivity contribution is -0.120. The van der Waals surface area contributed by atoms with E-state index in [0.29, 0.717) is 31.0 Å². The molecule has 2 amide bonds. The summed E-state index contributed by atoms with van der Waals surface area (Å²) in [6.07, 6.45) is 0.868. The Morgan fingerprint density at radius 3 is 2.42 bits per heavy atom. The second-order valence-electron chi connectivity index (χ2n) is 7.18. The third-order valence-electron chi connectivity index (χ3n) is 5.02. The molecule has 0 spiro atoms. The van der Waals surface area contributed by atoms with Gasteiger partial charge in [0, 0.05) is 23.5 Å². The second kappa shape index (κ2) is 9.91. The summed E-state index contributed by atoms with van der Waals surface area (Å²) in [6.45, 7) is 1.30. The summed E-state index contributed by atoms with van der Waals surface area (Å²) in [6, 6.07) is 24.3. The molecule has 0 bridgehead atoms. The molecule has 158 valence electrons. The van der Waals surface area contributed by atoms with Crippen molar-refractivity contribution in [2.45, 2.75) is 6.42 Å². The van der Waals surface area contributed by atoms with Gasteiger partial charge in [0.25, 0.3) is 5.91 Å². The Morgan fingerprint density at radius 2 is 1.61 bits per heavy atom. The molecule has 1 aliphatic heterocycles. The zero-order valence-corrected chi connectivity index (χ0v) is 17.1. The van der Waals surface area contributed by atoms with Crippen molar-refractivity contribution in [2.75, 3.05) is 36.6 Å². The van der Waals surface area contributed by atoms with Crippen LogP contribution in [0.15, 0.2) is 78.9 Å². The summed E-state index contributed by atoms with van der Waals surface area (Å²) in [7, 11) is 0. The average molecular weight is 416 g/mol. The maximum Gasteiger partial charge on any atom is 0.258 e. The van der Waals surface area contributed by atoms with Crippen LogP contribution in [0.3, 0.4) is 0 Å². The van der Waals surface area contributed by atoms with Crippen LogP contribution in [0.2, 0.25) is 0 Å². The van der Waals surface area contributed by atoms with Gasteiger partial charge in [-0.2, -0.15) is 0 Å². The Kier molecular flexibility index (Phi) is 6.59. The number of carbonyl (C=O) groups excluding carboxylic acids is 2. The molecule has 1 heterocycles. The van der Waals surface area contributed by atoms with Gasteiger partial charge in [-0.05, 0) is 54.4 Å². The number of benzene rings is 3. The molecule has 1 N–H and O–H groups in total. The highest BCUT2D eigenvalue weighted by atomic mass is 16.5. The van der Waals surface area contributed by atoms with E-state index in [4.69, 9.17) is 9.47 Å². The van der Waals surface area contributed by atoms with E-state index in [2.05, 4.69) is 11.4 Å². The van der Waals surface area contributed by atoms with Crippen LogP contribution in [0.25, 0.3) is 0 Å². The van der Waals surface area contributed by atoms with E-state index >= 15 is 0 Å². The zero-order valence-electron chi connectivity index (χ0n) is 17.1. The fraction of sp³-hybridized carbons (Fsp3) is 0.200. The van der Waals surface area contributed by atoms with Gasteiger partial charge in [0.1, 0.15) is 19.0 Å². The van der Waals surface area contributed by atoms with Crippen LogP contribution in [0.1, 0.15) is 15.9 Å². The molecule has 0 fully saturated rings. The van der Waals surface area contributed by atoms with Gasteiger partial charge in [0.15, 0.2) is 0 Å². The van der Waals surface area contributed by atoms with Crippen molar-refractivity contribution in [1.82, 2.24) is 0 Å². The quantitative estimate of drug-likeness (QED) is 0.565. The van der Waals surface area contributed by atoms with Gasteiger partial charge in [-0.25, -0.2) is 0 Å². The lowest BCUT2D eigenvalue weighted by Crippen LogP contribution is -2.28. The van der Waals surface area contributed by atoms with Crippen molar-refractivity contribution < 1.29 is 19.1 Å². The van der Waals surface area contributed by atoms with E-state index in [1.165, 1.54) is 5.56 Å². The molecule has 0 saturated heterocycles. The SMILES string of the molecule is O=C(COCCOc1ccccc1)Nc1ccc(C(=O)N2CCc3ccccc32)cc1. The number of fused-ring (bicyclic) bond motifs is 1. The number of nitrogens with zero attached hydrogens (tertiary/aromatic N) is 1. The van der Waals surface area contributed by atoms with E-state index in [9.17, 15) is 9.59 Å². The zero-order chi connectivity index (χ0) is 21.5. The largest absolute Gasteiger partial charge is 0.491 e. The van der Waals surface area contributed by atoms with Crippen LogP contribution < -0.4 is 15.0 Å². The molecule has 3 aromatic carbocycles. The molecule has 0 saturated carbocycles. The first-order valence-corrected chi connectivity index (χ1v) is 10.3. The standard InChI is InChI=1S/C25H24N2O4/c28-24(18-30-16-17-31-22-7-2-1-3-8-22)26-21-12-10-20(11-13-21)25(29)27-15-14-19-6-4-5-9-23(19)27/h1-13H,14-18H2,(H,26,28). The number of hydrogen-bond acceptors (Lipinski definition) is 4. The first-order valence-electron chi connectivity index (χ1n) is 10.3. The Morgan fingerprint density at radius 1 is 0.871 bits per heavy atom. The number of hydrogen-bond donors (Lipinski definition) is 1. The van der Waals surface area contributed by atoms with Crippen LogP contribution in [-0.4, -0.2) is 38.2 Å². The predicted octanol–water partition coefficient (Wildman–Crippen LogP) is 3.92. The Hall–Kier alpha value is -3.64. The third-order valence-corrected chi connectivity index (χ3v) is 5.02. The molecule has 0 aromatic heterocycles. The van der Waals surface area contributed by atoms with Gasteiger partial charge in [0.05, 0.1) is 6.61 Å². The highest BCUT2D eigenvalue weighted by Gasteiger charge is 2.24. The minimum absolute atomic E-state index is 0.0374. The third kappa shape index (κ3) is 5.29. The lowest BCUT2D eigenvalue weighted by Gasteiger charge is -2.17. The molecule has 1 aliphatic rings. The number of anilines is 2. The molecule has 31 heavy (non-hydrogen) atoms. The second-order valence-corrected chi connectivity index (χ2v) is 7.18. The van der Waals surface area contributed by atoms with Crippen molar-refractivity contribution >= 4 is 23.2 Å². The number of ether oxygens (including phenoxy) is 2. The minimum atomic E-state index is -0.257. The van der Waals surface area contributed by atoms with Crippen LogP contribution in [0, 0.1) is 0 Å². The molecular formula is C25H24N2O4. The van der Waals surface area contributed by atoms with Crippen molar-refractivity contribution in [2.24, 2.45) is 0 Å². The number of rotatable bonds is 8. The molecule has 4 rings (SSSR count). The first kappa shape index (κ1) is 20.6. The van der Waals surface area contributed by atoms with Gasteiger partial charge < -0.3 is 19.7 Å². The van der Waals surface area contributed by atoms with Crippen molar-refractivity contribution in [3.05, 3.63) is 90.0 Å². The van der Waals surface area contributed by atoms with E-state index in [0.717, 1.165) is 17.9 Å². The molecule has 0 radical (unpaired) electrons. The van der Waals surface area contributed by atoms with Crippen LogP contribution >= 0.6 is 0 Å². The minimum Gasteiger partial charge on any atom is -0.491 e. The van der Waals surface area contributed by atoms with Crippen molar-refractivity contribution in [3.63, 3.8) is 0 Å². The van der Waals surface area contributed by atoms with Gasteiger partial charge in [-0.3, -0.25) is 9.59 Å². The molecule has 0 aliphatic carbocycles. The molecule has 0 atom stereocenters. The average Bonchev–Trinajstić information content (AvgIpc) is 3.24. The fourth-order valence-electron chi connectivity index (χ4n) is 3.50. The summed E-state index contributed by atoms with van der Waals surface area (Å²) >= 11 is 0. The Bertz CT molecular complexity index is 1030. The molecule has 6 nitrogen and oxygen atoms in total. The smallest absolute Gasteiger partial charge is 0.258 e. The number of amides is 2. The Balaban J connectivity index is 1.22. The summed E-state index contributed by atoms with van der Waals surface area (Å²) < 4.78 is 10.9. The Labute approximate surface area is 181 Å². The maximum atomic E-state index is 12.9. The van der Waals surface area contributed by atoms with Gasteiger partial charge in [-0.15, -0.1) is 0 Å². The van der Waals surface area contributed by atoms with Gasteiger partial charge in [-0.1, -0.05) is 36.4 Å². The maximum absolute atomic E-state index is 12.9. The van der Waals surface area contributed by atoms with E-state index in [1.54, 1.807) is 29.2 Å². The van der Waals surface area contributed by atoms with E-state index in [-0.39, 0.29) is 18.4 Å². The number of para-hydroxylation sites is 2. The highest BCUT2D eigenvalue weighted by molar-refractivity contribution is 6.07. The molecule has 0 unspecified atom stereocenters. The first-order chi connectivity index (χ1) is 15.2. The van der Waals surface area contributed by atoms with E-state index < -0.39 is 0 Å². The monoisotopic (exact) mass is 416 g/mol. The molecule has 3 aromatic rings. The van der Waals surface area contributed by atoms with Crippen molar-refractivity contribution in [1.29, 1.82) is 0 Å². The van der Waals surface area contributed by atoms with Crippen LogP contribution in [0.5, 0.6) is 5.75 Å².